The summed E-state index contributed by atoms with van der Waals surface area (Å²) >= 11 is 0. The molecule has 2 N–H and O–H groups in total. The molecule has 2 fully saturated rings. The largest absolute Gasteiger partial charge is 0.573 e. The third-order valence-corrected chi connectivity index (χ3v) is 5.73. The summed E-state index contributed by atoms with van der Waals surface area (Å²) in [4.78, 5) is 23.9. The lowest BCUT2D eigenvalue weighted by Crippen LogP contribution is -2.27. The van der Waals surface area contributed by atoms with Crippen LogP contribution >= 0.6 is 0 Å². The summed E-state index contributed by atoms with van der Waals surface area (Å²) in [6, 6.07) is 6.28. The van der Waals surface area contributed by atoms with Gasteiger partial charge >= 0.3 is 6.36 Å². The Labute approximate surface area is 185 Å². The van der Waals surface area contributed by atoms with Crippen molar-refractivity contribution in [3.63, 3.8) is 0 Å². The Bertz CT molecular complexity index is 1040. The van der Waals surface area contributed by atoms with E-state index < -0.39 is 35.9 Å². The molecular weight excluding hydrogens is 451 g/mol. The Kier molecular flexibility index (Phi) is 6.02. The molecule has 0 radical (unpaired) electrons. The van der Waals surface area contributed by atoms with E-state index in [1.165, 1.54) is 22.9 Å². The van der Waals surface area contributed by atoms with Crippen LogP contribution in [0.1, 0.15) is 38.1 Å². The summed E-state index contributed by atoms with van der Waals surface area (Å²) < 4.78 is 70.7. The van der Waals surface area contributed by atoms with Crippen molar-refractivity contribution in [1.82, 2.24) is 15.1 Å². The molecule has 33 heavy (non-hydrogen) atoms. The van der Waals surface area contributed by atoms with Gasteiger partial charge in [0.05, 0.1) is 17.7 Å². The second-order valence-electron chi connectivity index (χ2n) is 8.22. The highest BCUT2D eigenvalue weighted by Gasteiger charge is 2.37. The van der Waals surface area contributed by atoms with E-state index in [1.54, 1.807) is 6.07 Å². The minimum atomic E-state index is -4.88. The third-order valence-electron chi connectivity index (χ3n) is 5.73. The molecule has 1 aromatic carbocycles. The first-order valence-corrected chi connectivity index (χ1v) is 10.4. The number of nitrogens with one attached hydrogen (secondary N) is 2. The van der Waals surface area contributed by atoms with Crippen molar-refractivity contribution < 1.29 is 36.3 Å². The molecule has 0 spiro atoms. The van der Waals surface area contributed by atoms with Crippen molar-refractivity contribution in [3.05, 3.63) is 30.3 Å². The molecule has 2 aromatic rings. The van der Waals surface area contributed by atoms with Crippen LogP contribution in [-0.4, -0.2) is 40.4 Å². The van der Waals surface area contributed by atoms with Gasteiger partial charge in [0.15, 0.2) is 5.82 Å². The fourth-order valence-electron chi connectivity index (χ4n) is 4.09. The van der Waals surface area contributed by atoms with E-state index in [0.29, 0.717) is 11.3 Å². The van der Waals surface area contributed by atoms with Crippen molar-refractivity contribution in [3.8, 4) is 17.0 Å². The van der Waals surface area contributed by atoms with Gasteiger partial charge < -0.3 is 15.4 Å². The van der Waals surface area contributed by atoms with Crippen LogP contribution in [0.15, 0.2) is 30.3 Å². The molecule has 7 nitrogen and oxygen atoms in total. The minimum absolute atomic E-state index is 0.0356. The number of aromatic nitrogens is 2. The molecular formula is C21H21F5N4O3. The second kappa shape index (κ2) is 8.64. The van der Waals surface area contributed by atoms with Crippen molar-refractivity contribution in [1.29, 1.82) is 0 Å². The first-order chi connectivity index (χ1) is 15.5. The fraction of sp³-hybridized carbons (Fsp3) is 0.476. The number of carbonyl (C=O) groups is 2. The van der Waals surface area contributed by atoms with Crippen LogP contribution in [0.25, 0.3) is 11.3 Å². The molecule has 178 valence electrons. The van der Waals surface area contributed by atoms with Crippen molar-refractivity contribution >= 4 is 17.6 Å². The first-order valence-electron chi connectivity index (χ1n) is 10.4. The SMILES string of the molecule is O=C1C[C@@H](C(=O)Nc2cc(-c3cccc(OC(F)(F)F)c3)n(C3CCC(F)(F)CC3)n2)CN1. The third kappa shape index (κ3) is 5.60. The summed E-state index contributed by atoms with van der Waals surface area (Å²) in [5.41, 5.74) is 0.675. The van der Waals surface area contributed by atoms with Gasteiger partial charge in [-0.3, -0.25) is 14.3 Å². The van der Waals surface area contributed by atoms with Crippen LogP contribution in [0.5, 0.6) is 5.75 Å². The summed E-state index contributed by atoms with van der Waals surface area (Å²) in [7, 11) is 0. The lowest BCUT2D eigenvalue weighted by Gasteiger charge is -2.29. The Morgan fingerprint density at radius 1 is 1.21 bits per heavy atom. The van der Waals surface area contributed by atoms with Gasteiger partial charge in [0.2, 0.25) is 17.7 Å². The van der Waals surface area contributed by atoms with Crippen LogP contribution in [0.4, 0.5) is 27.8 Å². The number of amides is 2. The standard InChI is InChI=1S/C21H21F5N4O3/c22-20(23)6-4-14(5-7-20)30-16(12-2-1-3-15(8-12)33-21(24,25)26)10-17(29-30)28-19(32)13-9-18(31)27-11-13/h1-3,8,10,13-14H,4-7,9,11H2,(H,27,31)(H,28,29,32)/t13-/m1/s1. The quantitative estimate of drug-likeness (QED) is 0.637. The molecule has 0 bridgehead atoms. The van der Waals surface area contributed by atoms with E-state index in [2.05, 4.69) is 20.5 Å². The number of carbonyl (C=O) groups excluding carboxylic acids is 2. The zero-order valence-electron chi connectivity index (χ0n) is 17.3. The highest BCUT2D eigenvalue weighted by molar-refractivity contribution is 5.96. The summed E-state index contributed by atoms with van der Waals surface area (Å²) in [6.07, 6.45) is -5.28. The maximum Gasteiger partial charge on any atom is 0.573 e. The molecule has 1 aromatic heterocycles. The van der Waals surface area contributed by atoms with Gasteiger partial charge in [-0.25, -0.2) is 8.78 Å². The Balaban J connectivity index is 1.64. The van der Waals surface area contributed by atoms with E-state index in [1.807, 2.05) is 0 Å². The van der Waals surface area contributed by atoms with Crippen molar-refractivity contribution in [2.24, 2.45) is 5.92 Å². The molecule has 1 atom stereocenters. The van der Waals surface area contributed by atoms with Gasteiger partial charge in [-0.2, -0.15) is 5.10 Å². The molecule has 2 heterocycles. The fourth-order valence-corrected chi connectivity index (χ4v) is 4.09. The first kappa shape index (κ1) is 23.0. The normalized spacial score (nSPS) is 21.0. The zero-order chi connectivity index (χ0) is 23.8. The number of ether oxygens (including phenoxy) is 1. The molecule has 0 unspecified atom stereocenters. The Morgan fingerprint density at radius 3 is 2.58 bits per heavy atom. The molecule has 1 aliphatic heterocycles. The number of anilines is 1. The number of nitrogens with zero attached hydrogens (tertiary/aromatic N) is 2. The van der Waals surface area contributed by atoms with Gasteiger partial charge in [0.25, 0.3) is 0 Å². The number of hydrogen-bond donors (Lipinski definition) is 2. The van der Waals surface area contributed by atoms with E-state index in [4.69, 9.17) is 0 Å². The monoisotopic (exact) mass is 472 g/mol. The van der Waals surface area contributed by atoms with Gasteiger partial charge in [-0.15, -0.1) is 13.2 Å². The average molecular weight is 472 g/mol. The maximum absolute atomic E-state index is 13.7. The number of halogens is 5. The van der Waals surface area contributed by atoms with Crippen molar-refractivity contribution in [2.75, 3.05) is 11.9 Å². The smallest absolute Gasteiger partial charge is 0.406 e. The van der Waals surface area contributed by atoms with E-state index in [-0.39, 0.29) is 50.4 Å². The molecule has 4 rings (SSSR count). The molecule has 2 aliphatic rings. The van der Waals surface area contributed by atoms with Crippen LogP contribution in [0.3, 0.4) is 0 Å². The summed E-state index contributed by atoms with van der Waals surface area (Å²) in [5.74, 6) is -4.36. The number of rotatable bonds is 5. The van der Waals surface area contributed by atoms with Gasteiger partial charge in [0, 0.05) is 37.4 Å². The molecule has 12 heteroatoms. The molecule has 1 saturated carbocycles. The maximum atomic E-state index is 13.7. The predicted octanol–water partition coefficient (Wildman–Crippen LogP) is 4.27. The minimum Gasteiger partial charge on any atom is -0.406 e. The molecule has 1 saturated heterocycles. The Morgan fingerprint density at radius 2 is 1.94 bits per heavy atom. The van der Waals surface area contributed by atoms with Crippen LogP contribution < -0.4 is 15.4 Å². The van der Waals surface area contributed by atoms with Gasteiger partial charge in [-0.05, 0) is 25.0 Å². The number of benzene rings is 1. The van der Waals surface area contributed by atoms with Crippen LogP contribution in [0, 0.1) is 5.92 Å². The second-order valence-corrected chi connectivity index (χ2v) is 8.22. The molecule has 2 amide bonds. The zero-order valence-corrected chi connectivity index (χ0v) is 17.3. The summed E-state index contributed by atoms with van der Waals surface area (Å²) in [6.45, 7) is 0.187. The molecule has 1 aliphatic carbocycles. The predicted molar refractivity (Wildman–Crippen MR) is 107 cm³/mol. The van der Waals surface area contributed by atoms with Crippen molar-refractivity contribution in [2.45, 2.75) is 50.4 Å². The van der Waals surface area contributed by atoms with Gasteiger partial charge in [0.1, 0.15) is 5.75 Å². The van der Waals surface area contributed by atoms with Crippen LogP contribution in [0.2, 0.25) is 0 Å². The van der Waals surface area contributed by atoms with E-state index in [0.717, 1.165) is 6.07 Å². The van der Waals surface area contributed by atoms with E-state index >= 15 is 0 Å². The lowest BCUT2D eigenvalue weighted by atomic mass is 9.92. The highest BCUT2D eigenvalue weighted by atomic mass is 19.4. The van der Waals surface area contributed by atoms with Gasteiger partial charge in [-0.1, -0.05) is 12.1 Å². The van der Waals surface area contributed by atoms with E-state index in [9.17, 15) is 31.5 Å². The number of alkyl halides is 5. The Hall–Kier alpha value is -3.18. The topological polar surface area (TPSA) is 85.2 Å². The number of hydrogen-bond acceptors (Lipinski definition) is 4. The lowest BCUT2D eigenvalue weighted by molar-refractivity contribution is -0.274. The highest BCUT2D eigenvalue weighted by Crippen LogP contribution is 2.41. The summed E-state index contributed by atoms with van der Waals surface area (Å²) in [5, 5.41) is 9.55. The van der Waals surface area contributed by atoms with Crippen LogP contribution in [-0.2, 0) is 9.59 Å². The average Bonchev–Trinajstić information content (AvgIpc) is 3.33.